The minimum Gasteiger partial charge on any atom is -0.352 e. The average Bonchev–Trinajstić information content (AvgIpc) is 3.82. The van der Waals surface area contributed by atoms with E-state index in [-0.39, 0.29) is 29.3 Å². The Morgan fingerprint density at radius 3 is 2.70 bits per heavy atom. The van der Waals surface area contributed by atoms with Crippen LogP contribution >= 0.6 is 11.3 Å². The van der Waals surface area contributed by atoms with Crippen LogP contribution in [0, 0.1) is 11.8 Å². The summed E-state index contributed by atoms with van der Waals surface area (Å²) in [6, 6.07) is 2.83. The van der Waals surface area contributed by atoms with Gasteiger partial charge < -0.3 is 10.6 Å². The first kappa shape index (κ1) is 24.1. The van der Waals surface area contributed by atoms with Crippen molar-refractivity contribution >= 4 is 34.7 Å². The molecule has 8 nitrogen and oxygen atoms in total. The second kappa shape index (κ2) is 9.92. The largest absolute Gasteiger partial charge is 0.352 e. The minimum absolute atomic E-state index is 0.00913. The lowest BCUT2D eigenvalue weighted by Crippen LogP contribution is -2.28. The number of rotatable bonds is 10. The lowest BCUT2D eigenvalue weighted by atomic mass is 9.90. The summed E-state index contributed by atoms with van der Waals surface area (Å²) in [6.45, 7) is 0.681. The number of fused-ring (bicyclic) bond motifs is 1. The van der Waals surface area contributed by atoms with Crippen LogP contribution in [0.5, 0.6) is 0 Å². The second-order valence-corrected chi connectivity index (χ2v) is 11.4. The van der Waals surface area contributed by atoms with Crippen LogP contribution in [0.4, 0.5) is 20.4 Å². The fraction of sp³-hybridized carbons (Fsp3) is 0.500. The number of amides is 1. The Morgan fingerprint density at radius 2 is 2.00 bits per heavy atom. The fourth-order valence-electron chi connectivity index (χ4n) is 4.94. The van der Waals surface area contributed by atoms with Crippen molar-refractivity contribution in [3.05, 3.63) is 51.2 Å². The van der Waals surface area contributed by atoms with E-state index in [0.29, 0.717) is 42.5 Å². The molecule has 0 bridgehead atoms. The molecule has 3 heterocycles. The van der Waals surface area contributed by atoms with E-state index in [1.54, 1.807) is 17.7 Å². The number of carbonyl (C=O) groups is 2. The van der Waals surface area contributed by atoms with E-state index in [4.69, 9.17) is 0 Å². The molecular formula is C26H28F2N6O2S. The van der Waals surface area contributed by atoms with Gasteiger partial charge in [-0.1, -0.05) is 0 Å². The highest BCUT2D eigenvalue weighted by atomic mass is 32.1. The SMILES string of the molecule is O=C(NCC1CC1)c1c(CC(=O)C2CC2)sc2c1C[C@@H](n1cnnc1Nc1ccc(C(F)F)nc1)CC2. The van der Waals surface area contributed by atoms with Crippen LogP contribution in [0.25, 0.3) is 0 Å². The Kier molecular flexibility index (Phi) is 6.48. The van der Waals surface area contributed by atoms with Gasteiger partial charge in [-0.25, -0.2) is 8.78 Å². The van der Waals surface area contributed by atoms with Crippen LogP contribution < -0.4 is 10.6 Å². The monoisotopic (exact) mass is 526 g/mol. The number of carbonyl (C=O) groups excluding carboxylic acids is 2. The first-order chi connectivity index (χ1) is 18.0. The number of thiophene rings is 1. The Hall–Kier alpha value is -3.21. The third-order valence-electron chi connectivity index (χ3n) is 7.38. The molecule has 37 heavy (non-hydrogen) atoms. The number of nitrogens with one attached hydrogen (secondary N) is 2. The van der Waals surface area contributed by atoms with Gasteiger partial charge in [0.25, 0.3) is 12.3 Å². The number of pyridine rings is 1. The van der Waals surface area contributed by atoms with Gasteiger partial charge in [0.15, 0.2) is 0 Å². The number of Topliss-reactive ketones (excluding diaryl/α,β-unsaturated/α-hetero) is 1. The summed E-state index contributed by atoms with van der Waals surface area (Å²) in [7, 11) is 0. The quantitative estimate of drug-likeness (QED) is 0.393. The zero-order chi connectivity index (χ0) is 25.5. The summed E-state index contributed by atoms with van der Waals surface area (Å²) in [6.07, 6.45) is 7.19. The van der Waals surface area contributed by atoms with Gasteiger partial charge in [0, 0.05) is 34.7 Å². The molecule has 11 heteroatoms. The maximum atomic E-state index is 13.4. The van der Waals surface area contributed by atoms with Gasteiger partial charge in [-0.3, -0.25) is 19.1 Å². The summed E-state index contributed by atoms with van der Waals surface area (Å²) in [4.78, 5) is 31.9. The number of halogens is 2. The van der Waals surface area contributed by atoms with Crippen LogP contribution in [0.15, 0.2) is 24.7 Å². The topological polar surface area (TPSA) is 102 Å². The van der Waals surface area contributed by atoms with Gasteiger partial charge in [-0.05, 0) is 68.6 Å². The molecule has 2 saturated carbocycles. The van der Waals surface area contributed by atoms with Gasteiger partial charge in [-0.2, -0.15) is 0 Å². The van der Waals surface area contributed by atoms with Crippen molar-refractivity contribution in [2.45, 2.75) is 63.8 Å². The van der Waals surface area contributed by atoms with Crippen LogP contribution in [0.1, 0.15) is 75.9 Å². The van der Waals surface area contributed by atoms with Crippen molar-refractivity contribution in [3.63, 3.8) is 0 Å². The molecule has 1 amide bonds. The number of aromatic nitrogens is 4. The van der Waals surface area contributed by atoms with Crippen molar-refractivity contribution in [1.82, 2.24) is 25.1 Å². The Morgan fingerprint density at radius 1 is 1.16 bits per heavy atom. The average molecular weight is 527 g/mol. The van der Waals surface area contributed by atoms with Gasteiger partial charge in [0.05, 0.1) is 17.4 Å². The molecule has 0 spiro atoms. The van der Waals surface area contributed by atoms with E-state index in [1.165, 1.54) is 23.2 Å². The lowest BCUT2D eigenvalue weighted by molar-refractivity contribution is -0.119. The van der Waals surface area contributed by atoms with Gasteiger partial charge in [-0.15, -0.1) is 21.5 Å². The molecule has 2 fully saturated rings. The number of ketones is 1. The predicted molar refractivity (Wildman–Crippen MR) is 134 cm³/mol. The molecule has 194 valence electrons. The summed E-state index contributed by atoms with van der Waals surface area (Å²) >= 11 is 1.62. The zero-order valence-electron chi connectivity index (χ0n) is 20.3. The second-order valence-electron chi connectivity index (χ2n) is 10.2. The molecule has 6 rings (SSSR count). The van der Waals surface area contributed by atoms with Crippen LogP contribution in [0.3, 0.4) is 0 Å². The van der Waals surface area contributed by atoms with Gasteiger partial charge >= 0.3 is 0 Å². The van der Waals surface area contributed by atoms with E-state index in [0.717, 1.165) is 49.0 Å². The highest BCUT2D eigenvalue weighted by molar-refractivity contribution is 7.12. The summed E-state index contributed by atoms with van der Waals surface area (Å²) < 4.78 is 27.6. The van der Waals surface area contributed by atoms with Crippen molar-refractivity contribution in [2.24, 2.45) is 11.8 Å². The van der Waals surface area contributed by atoms with E-state index < -0.39 is 6.43 Å². The first-order valence-corrected chi connectivity index (χ1v) is 13.6. The van der Waals surface area contributed by atoms with Crippen LogP contribution in [-0.2, 0) is 24.1 Å². The highest BCUT2D eigenvalue weighted by Gasteiger charge is 2.35. The standard InChI is InChI=1S/C26H28F2N6O2S/c27-24(28)19-7-5-16(12-29-19)32-26-33-31-13-34(26)17-6-8-21-18(9-17)23(25(36)30-11-14-1-2-14)22(37-21)10-20(35)15-3-4-15/h5,7,12-15,17,24H,1-4,6,8-11H2,(H,30,36)(H,32,33)/t17-/m0/s1. The maximum Gasteiger partial charge on any atom is 0.280 e. The Balaban J connectivity index is 1.24. The van der Waals surface area contributed by atoms with Crippen molar-refractivity contribution in [2.75, 3.05) is 11.9 Å². The van der Waals surface area contributed by atoms with Crippen molar-refractivity contribution < 1.29 is 18.4 Å². The van der Waals surface area contributed by atoms with E-state index in [1.807, 2.05) is 4.57 Å². The predicted octanol–water partition coefficient (Wildman–Crippen LogP) is 4.81. The molecule has 2 N–H and O–H groups in total. The maximum absolute atomic E-state index is 13.4. The lowest BCUT2D eigenvalue weighted by Gasteiger charge is -2.25. The smallest absolute Gasteiger partial charge is 0.280 e. The van der Waals surface area contributed by atoms with E-state index in [9.17, 15) is 18.4 Å². The molecule has 3 aromatic heterocycles. The molecule has 1 atom stereocenters. The molecule has 0 saturated heterocycles. The number of nitrogens with zero attached hydrogens (tertiary/aromatic N) is 4. The number of anilines is 2. The number of hydrogen-bond donors (Lipinski definition) is 2. The molecule has 3 aliphatic carbocycles. The minimum atomic E-state index is -2.63. The van der Waals surface area contributed by atoms with Crippen molar-refractivity contribution in [3.8, 4) is 0 Å². The van der Waals surface area contributed by atoms with E-state index in [2.05, 4.69) is 25.8 Å². The summed E-state index contributed by atoms with van der Waals surface area (Å²) in [5, 5.41) is 14.5. The highest BCUT2D eigenvalue weighted by Crippen LogP contribution is 2.41. The number of aryl methyl sites for hydroxylation is 1. The summed E-state index contributed by atoms with van der Waals surface area (Å²) in [5.74, 6) is 1.38. The zero-order valence-corrected chi connectivity index (χ0v) is 21.1. The molecular weight excluding hydrogens is 498 g/mol. The normalized spacial score (nSPS) is 19.1. The molecule has 0 aromatic carbocycles. The van der Waals surface area contributed by atoms with Gasteiger partial charge in [0.2, 0.25) is 5.95 Å². The van der Waals surface area contributed by atoms with Crippen molar-refractivity contribution in [1.29, 1.82) is 0 Å². The molecule has 0 unspecified atom stereocenters. The molecule has 3 aromatic rings. The van der Waals surface area contributed by atoms with E-state index >= 15 is 0 Å². The molecule has 0 aliphatic heterocycles. The third kappa shape index (κ3) is 5.27. The fourth-order valence-corrected chi connectivity index (χ4v) is 6.30. The molecule has 3 aliphatic rings. The Labute approximate surface area is 216 Å². The summed E-state index contributed by atoms with van der Waals surface area (Å²) in [5.41, 5.74) is 1.96. The molecule has 0 radical (unpaired) electrons. The van der Waals surface area contributed by atoms with Gasteiger partial charge in [0.1, 0.15) is 17.8 Å². The third-order valence-corrected chi connectivity index (χ3v) is 8.68. The number of alkyl halides is 2. The van der Waals surface area contributed by atoms with Crippen LogP contribution in [0.2, 0.25) is 0 Å². The number of hydrogen-bond acceptors (Lipinski definition) is 7. The Bertz CT molecular complexity index is 1310. The first-order valence-electron chi connectivity index (χ1n) is 12.8. The van der Waals surface area contributed by atoms with Crippen LogP contribution in [-0.4, -0.2) is 38.0 Å².